The van der Waals surface area contributed by atoms with Crippen LogP contribution < -0.4 is 0 Å². The first-order valence-electron chi connectivity index (χ1n) is 11.2. The van der Waals surface area contributed by atoms with E-state index in [0.29, 0.717) is 30.5 Å². The van der Waals surface area contributed by atoms with E-state index in [9.17, 15) is 9.59 Å². The highest BCUT2D eigenvalue weighted by molar-refractivity contribution is 9.11. The molecular weight excluding hydrogens is 470 g/mol. The summed E-state index contributed by atoms with van der Waals surface area (Å²) in [6.45, 7) is 3.56. The molecule has 1 saturated heterocycles. The number of thioether (sulfide) groups is 1. The topological polar surface area (TPSA) is 65.1 Å². The molecule has 8 heteroatoms. The van der Waals surface area contributed by atoms with Gasteiger partial charge in [-0.15, -0.1) is 11.8 Å². The Hall–Kier alpha value is -0.570. The number of nitrogens with zero attached hydrogens (tertiary/aromatic N) is 1. The summed E-state index contributed by atoms with van der Waals surface area (Å²) in [5.74, 6) is 0.110. The minimum absolute atomic E-state index is 0.0434. The molecule has 0 bridgehead atoms. The molecule has 30 heavy (non-hydrogen) atoms. The summed E-state index contributed by atoms with van der Waals surface area (Å²) in [5.41, 5.74) is 0.839. The summed E-state index contributed by atoms with van der Waals surface area (Å²) >= 11 is 5.11. The van der Waals surface area contributed by atoms with Gasteiger partial charge in [0.25, 0.3) is 0 Å². The molecule has 0 radical (unpaired) electrons. The summed E-state index contributed by atoms with van der Waals surface area (Å²) < 4.78 is 16.9. The Labute approximate surface area is 191 Å². The number of methoxy groups -OCH3 is 1. The Morgan fingerprint density at radius 3 is 2.33 bits per heavy atom. The third-order valence-electron chi connectivity index (χ3n) is 7.02. The van der Waals surface area contributed by atoms with Crippen LogP contribution in [0.5, 0.6) is 0 Å². The number of alkyl halides is 1. The van der Waals surface area contributed by atoms with Crippen LogP contribution >= 0.6 is 27.7 Å². The fourth-order valence-electron chi connectivity index (χ4n) is 5.27. The van der Waals surface area contributed by atoms with Gasteiger partial charge in [-0.2, -0.15) is 0 Å². The van der Waals surface area contributed by atoms with Crippen molar-refractivity contribution in [1.82, 2.24) is 4.90 Å². The average molecular weight is 502 g/mol. The van der Waals surface area contributed by atoms with Crippen molar-refractivity contribution in [3.63, 3.8) is 0 Å². The zero-order chi connectivity index (χ0) is 21.3. The van der Waals surface area contributed by atoms with Gasteiger partial charge in [0.05, 0.1) is 24.5 Å². The van der Waals surface area contributed by atoms with Gasteiger partial charge in [-0.25, -0.2) is 4.79 Å². The zero-order valence-corrected chi connectivity index (χ0v) is 20.3. The van der Waals surface area contributed by atoms with Crippen LogP contribution in [0.1, 0.15) is 64.7 Å². The molecule has 0 N–H and O–H groups in total. The number of rotatable bonds is 4. The van der Waals surface area contributed by atoms with E-state index in [-0.39, 0.29) is 28.0 Å². The van der Waals surface area contributed by atoms with Crippen LogP contribution in [-0.4, -0.2) is 53.1 Å². The summed E-state index contributed by atoms with van der Waals surface area (Å²) in [4.78, 5) is 28.9. The molecule has 3 fully saturated rings. The summed E-state index contributed by atoms with van der Waals surface area (Å²) in [7, 11) is 1.41. The van der Waals surface area contributed by atoms with Crippen molar-refractivity contribution in [3.8, 4) is 0 Å². The first-order valence-corrected chi connectivity index (χ1v) is 12.9. The van der Waals surface area contributed by atoms with Crippen LogP contribution in [0.2, 0.25) is 0 Å². The molecule has 4 rings (SSSR count). The van der Waals surface area contributed by atoms with Crippen molar-refractivity contribution in [2.75, 3.05) is 20.3 Å². The molecule has 6 nitrogen and oxygen atoms in total. The molecule has 0 aromatic heterocycles. The molecule has 168 valence electrons. The number of halogens is 1. The highest BCUT2D eigenvalue weighted by atomic mass is 79.9. The van der Waals surface area contributed by atoms with Gasteiger partial charge in [-0.1, -0.05) is 22.9 Å². The second kappa shape index (κ2) is 9.51. The molecule has 0 aromatic carbocycles. The number of ether oxygens (including phenoxy) is 3. The fourth-order valence-corrected chi connectivity index (χ4v) is 7.13. The van der Waals surface area contributed by atoms with Crippen molar-refractivity contribution in [1.29, 1.82) is 0 Å². The monoisotopic (exact) mass is 501 g/mol. The lowest BCUT2D eigenvalue weighted by molar-refractivity contribution is -0.184. The molecule has 1 amide bonds. The molecule has 1 atom stereocenters. The fraction of sp³-hybridized carbons (Fsp3) is 0.818. The lowest BCUT2D eigenvalue weighted by atomic mass is 9.81. The number of esters is 1. The first kappa shape index (κ1) is 22.6. The van der Waals surface area contributed by atoms with E-state index in [1.165, 1.54) is 18.9 Å². The molecule has 2 aliphatic heterocycles. The van der Waals surface area contributed by atoms with E-state index in [1.54, 1.807) is 0 Å². The lowest BCUT2D eigenvalue weighted by Crippen LogP contribution is -2.48. The normalized spacial score (nSPS) is 31.9. The maximum atomic E-state index is 13.8. The van der Waals surface area contributed by atoms with Crippen LogP contribution in [0.25, 0.3) is 0 Å². The van der Waals surface area contributed by atoms with Crippen molar-refractivity contribution >= 4 is 39.6 Å². The van der Waals surface area contributed by atoms with Gasteiger partial charge < -0.3 is 19.1 Å². The van der Waals surface area contributed by atoms with Crippen molar-refractivity contribution < 1.29 is 23.8 Å². The van der Waals surface area contributed by atoms with Crippen LogP contribution in [0.3, 0.4) is 0 Å². The highest BCUT2D eigenvalue weighted by Gasteiger charge is 2.45. The zero-order valence-electron chi connectivity index (χ0n) is 17.9. The summed E-state index contributed by atoms with van der Waals surface area (Å²) in [6.07, 6.45) is 7.93. The van der Waals surface area contributed by atoms with E-state index < -0.39 is 5.79 Å². The molecule has 1 unspecified atom stereocenters. The van der Waals surface area contributed by atoms with Gasteiger partial charge >= 0.3 is 5.97 Å². The van der Waals surface area contributed by atoms with Gasteiger partial charge in [0.15, 0.2) is 5.79 Å². The van der Waals surface area contributed by atoms with E-state index in [1.807, 2.05) is 4.90 Å². The predicted octanol–water partition coefficient (Wildman–Crippen LogP) is 4.57. The predicted molar refractivity (Wildman–Crippen MR) is 119 cm³/mol. The van der Waals surface area contributed by atoms with Crippen molar-refractivity contribution in [3.05, 3.63) is 10.6 Å². The number of carbonyl (C=O) groups is 2. The number of hydrogen-bond donors (Lipinski definition) is 0. The van der Waals surface area contributed by atoms with E-state index in [0.717, 1.165) is 57.1 Å². The van der Waals surface area contributed by atoms with Crippen LogP contribution in [0.15, 0.2) is 10.6 Å². The van der Waals surface area contributed by atoms with Gasteiger partial charge in [0.1, 0.15) is 4.91 Å². The van der Waals surface area contributed by atoms with Gasteiger partial charge in [0.2, 0.25) is 5.91 Å². The molecule has 2 saturated carbocycles. The quantitative estimate of drug-likeness (QED) is 0.415. The molecule has 0 aromatic rings. The number of carbonyl (C=O) groups excluding carboxylic acids is 2. The van der Waals surface area contributed by atoms with Gasteiger partial charge in [-0.3, -0.25) is 4.79 Å². The number of hydrogen-bond acceptors (Lipinski definition) is 6. The molecule has 4 aliphatic rings. The minimum Gasteiger partial charge on any atom is -0.465 e. The molecule has 2 aliphatic carbocycles. The smallest absolute Gasteiger partial charge is 0.346 e. The standard InChI is InChI=1S/C22H32BrNO5S/c1-14-3-5-15(6-4-14)20(25)24(17-13-18(23)30-19(17)21(26)27-2)16-7-9-22(10-8-16)28-11-12-29-22/h14-16,18H,3-13H2,1-2H3. The average Bonchev–Trinajstić information content (AvgIpc) is 3.36. The first-order chi connectivity index (χ1) is 14.4. The minimum atomic E-state index is -0.465. The van der Waals surface area contributed by atoms with Crippen molar-refractivity contribution in [2.24, 2.45) is 11.8 Å². The lowest BCUT2D eigenvalue weighted by Gasteiger charge is -2.42. The van der Waals surface area contributed by atoms with E-state index >= 15 is 0 Å². The van der Waals surface area contributed by atoms with Gasteiger partial charge in [0, 0.05) is 36.9 Å². The molecule has 1 spiro atoms. The Balaban J connectivity index is 1.60. The van der Waals surface area contributed by atoms with E-state index in [2.05, 4.69) is 22.9 Å². The van der Waals surface area contributed by atoms with Crippen molar-refractivity contribution in [2.45, 2.75) is 80.7 Å². The second-order valence-electron chi connectivity index (χ2n) is 9.00. The Morgan fingerprint density at radius 1 is 1.10 bits per heavy atom. The van der Waals surface area contributed by atoms with Gasteiger partial charge in [-0.05, 0) is 44.4 Å². The Bertz CT molecular complexity index is 690. The number of amides is 1. The van der Waals surface area contributed by atoms with Crippen LogP contribution in [0.4, 0.5) is 0 Å². The maximum absolute atomic E-state index is 13.8. The van der Waals surface area contributed by atoms with Crippen LogP contribution in [0, 0.1) is 11.8 Å². The Morgan fingerprint density at radius 2 is 1.73 bits per heavy atom. The van der Waals surface area contributed by atoms with E-state index in [4.69, 9.17) is 14.2 Å². The highest BCUT2D eigenvalue weighted by Crippen LogP contribution is 2.47. The summed E-state index contributed by atoms with van der Waals surface area (Å²) in [5, 5.41) is 0. The molecule has 2 heterocycles. The number of allylic oxidation sites excluding steroid dienone is 1. The Kier molecular flexibility index (Phi) is 7.17. The maximum Gasteiger partial charge on any atom is 0.346 e. The largest absolute Gasteiger partial charge is 0.465 e. The van der Waals surface area contributed by atoms with Crippen LogP contribution in [-0.2, 0) is 23.8 Å². The summed E-state index contributed by atoms with van der Waals surface area (Å²) in [6, 6.07) is 0.0725. The second-order valence-corrected chi connectivity index (χ2v) is 11.9. The molecular formula is C22H32BrNO5S. The third-order valence-corrected chi connectivity index (χ3v) is 8.97. The SMILES string of the molecule is COC(=O)C1=C(N(C(=O)C2CCC(C)CC2)C2CCC3(CC2)OCCO3)CC(Br)S1. The third kappa shape index (κ3) is 4.62.